The van der Waals surface area contributed by atoms with E-state index >= 15 is 0 Å². The Hall–Kier alpha value is -1.14. The van der Waals surface area contributed by atoms with Crippen LogP contribution in [0.4, 0.5) is 0 Å². The Kier molecular flexibility index (Phi) is 5.15. The molecule has 19 heavy (non-hydrogen) atoms. The zero-order chi connectivity index (χ0) is 13.7. The van der Waals surface area contributed by atoms with Crippen LogP contribution in [0.1, 0.15) is 32.1 Å². The van der Waals surface area contributed by atoms with Gasteiger partial charge in [-0.1, -0.05) is 6.42 Å². The van der Waals surface area contributed by atoms with E-state index in [0.717, 1.165) is 25.8 Å². The molecule has 1 saturated heterocycles. The van der Waals surface area contributed by atoms with Gasteiger partial charge in [-0.15, -0.1) is 0 Å². The van der Waals surface area contributed by atoms with Gasteiger partial charge >= 0.3 is 0 Å². The zero-order valence-corrected chi connectivity index (χ0v) is 11.2. The van der Waals surface area contributed by atoms with E-state index in [1.54, 1.807) is 0 Å². The summed E-state index contributed by atoms with van der Waals surface area (Å²) in [6, 6.07) is 0.188. The summed E-state index contributed by atoms with van der Waals surface area (Å²) in [5, 5.41) is 6.26. The fraction of sp³-hybridized carbons (Fsp3) is 0.846. The fourth-order valence-corrected chi connectivity index (χ4v) is 2.84. The number of hydrogen-bond donors (Lipinski definition) is 3. The number of rotatable bonds is 4. The summed E-state index contributed by atoms with van der Waals surface area (Å²) in [6.45, 7) is 2.09. The van der Waals surface area contributed by atoms with Gasteiger partial charge in [0.1, 0.15) is 0 Å². The van der Waals surface area contributed by atoms with Crippen molar-refractivity contribution >= 4 is 11.8 Å². The molecule has 2 rings (SSSR count). The highest BCUT2D eigenvalue weighted by molar-refractivity contribution is 5.78. The topological polar surface area (TPSA) is 93.5 Å². The second kappa shape index (κ2) is 6.86. The van der Waals surface area contributed by atoms with Gasteiger partial charge in [-0.3, -0.25) is 9.59 Å². The third-order valence-corrected chi connectivity index (χ3v) is 3.87. The number of amides is 2. The molecule has 1 aliphatic heterocycles. The van der Waals surface area contributed by atoms with Crippen LogP contribution in [0.2, 0.25) is 0 Å². The Morgan fingerprint density at radius 2 is 2.21 bits per heavy atom. The van der Waals surface area contributed by atoms with E-state index in [0.29, 0.717) is 26.1 Å². The van der Waals surface area contributed by atoms with E-state index in [1.165, 1.54) is 0 Å². The Bertz CT molecular complexity index is 329. The average Bonchev–Trinajstić information content (AvgIpc) is 2.40. The molecule has 6 nitrogen and oxygen atoms in total. The second-order valence-corrected chi connectivity index (χ2v) is 5.46. The van der Waals surface area contributed by atoms with Gasteiger partial charge in [0.25, 0.3) is 0 Å². The minimum absolute atomic E-state index is 0.0260. The molecule has 6 heteroatoms. The van der Waals surface area contributed by atoms with Crippen molar-refractivity contribution < 1.29 is 14.3 Å². The van der Waals surface area contributed by atoms with E-state index in [1.807, 2.05) is 0 Å². The number of hydrogen-bond acceptors (Lipinski definition) is 4. The third kappa shape index (κ3) is 4.47. The van der Waals surface area contributed by atoms with Crippen molar-refractivity contribution in [2.45, 2.75) is 44.2 Å². The van der Waals surface area contributed by atoms with E-state index in [-0.39, 0.29) is 29.8 Å². The van der Waals surface area contributed by atoms with Crippen LogP contribution in [0.15, 0.2) is 0 Å². The maximum atomic E-state index is 11.9. The van der Waals surface area contributed by atoms with Gasteiger partial charge < -0.3 is 21.1 Å². The molecule has 0 spiro atoms. The van der Waals surface area contributed by atoms with Crippen molar-refractivity contribution in [3.63, 3.8) is 0 Å². The highest BCUT2D eigenvalue weighted by Crippen LogP contribution is 2.24. The van der Waals surface area contributed by atoms with E-state index in [2.05, 4.69) is 10.6 Å². The molecule has 0 aromatic rings. The summed E-state index contributed by atoms with van der Waals surface area (Å²) in [4.78, 5) is 23.1. The Morgan fingerprint density at radius 3 is 2.89 bits per heavy atom. The minimum atomic E-state index is -0.249. The van der Waals surface area contributed by atoms with Gasteiger partial charge in [0.15, 0.2) is 0 Å². The third-order valence-electron chi connectivity index (χ3n) is 3.87. The number of carbonyl (C=O) groups is 2. The molecule has 4 N–H and O–H groups in total. The average molecular weight is 269 g/mol. The molecule has 1 heterocycles. The van der Waals surface area contributed by atoms with Gasteiger partial charge in [-0.05, 0) is 19.3 Å². The quantitative estimate of drug-likeness (QED) is 0.643. The van der Waals surface area contributed by atoms with Crippen LogP contribution in [0.5, 0.6) is 0 Å². The van der Waals surface area contributed by atoms with Gasteiger partial charge in [0, 0.05) is 31.0 Å². The fourth-order valence-electron chi connectivity index (χ4n) is 2.84. The number of morpholine rings is 1. The molecule has 1 aliphatic carbocycles. The molecule has 1 saturated carbocycles. The minimum Gasteiger partial charge on any atom is -0.378 e. The summed E-state index contributed by atoms with van der Waals surface area (Å²) in [5.41, 5.74) is 5.33. The molecule has 3 atom stereocenters. The Morgan fingerprint density at radius 1 is 1.37 bits per heavy atom. The van der Waals surface area contributed by atoms with Crippen LogP contribution >= 0.6 is 0 Å². The molecule has 108 valence electrons. The lowest BCUT2D eigenvalue weighted by Gasteiger charge is -2.29. The number of carbonyl (C=O) groups excluding carboxylic acids is 2. The summed E-state index contributed by atoms with van der Waals surface area (Å²) < 4.78 is 5.32. The Balaban J connectivity index is 1.73. The van der Waals surface area contributed by atoms with Crippen LogP contribution in [0.3, 0.4) is 0 Å². The van der Waals surface area contributed by atoms with Crippen LogP contribution in [-0.2, 0) is 14.3 Å². The maximum Gasteiger partial charge on any atom is 0.221 e. The maximum absolute atomic E-state index is 11.9. The lowest BCUT2D eigenvalue weighted by atomic mass is 9.85. The molecule has 0 aromatic carbocycles. The van der Waals surface area contributed by atoms with Crippen molar-refractivity contribution in [3.05, 3.63) is 0 Å². The molecule has 2 fully saturated rings. The van der Waals surface area contributed by atoms with Crippen LogP contribution in [0.25, 0.3) is 0 Å². The summed E-state index contributed by atoms with van der Waals surface area (Å²) in [7, 11) is 0. The van der Waals surface area contributed by atoms with E-state index in [9.17, 15) is 9.59 Å². The van der Waals surface area contributed by atoms with Crippen molar-refractivity contribution in [1.29, 1.82) is 0 Å². The Labute approximate surface area is 113 Å². The predicted octanol–water partition coefficient (Wildman–Crippen LogP) is -0.475. The first-order valence-corrected chi connectivity index (χ1v) is 7.05. The molecule has 0 radical (unpaired) electrons. The van der Waals surface area contributed by atoms with E-state index < -0.39 is 0 Å². The highest BCUT2D eigenvalue weighted by atomic mass is 16.5. The van der Waals surface area contributed by atoms with Crippen LogP contribution in [-0.4, -0.2) is 43.7 Å². The molecule has 2 amide bonds. The zero-order valence-electron chi connectivity index (χ0n) is 11.2. The van der Waals surface area contributed by atoms with Crippen molar-refractivity contribution in [2.75, 3.05) is 19.8 Å². The van der Waals surface area contributed by atoms with Crippen LogP contribution in [0, 0.1) is 5.92 Å². The van der Waals surface area contributed by atoms with Crippen molar-refractivity contribution in [3.8, 4) is 0 Å². The monoisotopic (exact) mass is 269 g/mol. The van der Waals surface area contributed by atoms with Gasteiger partial charge in [-0.25, -0.2) is 0 Å². The first kappa shape index (κ1) is 14.3. The summed E-state index contributed by atoms with van der Waals surface area (Å²) in [6.07, 6.45) is 3.83. The summed E-state index contributed by atoms with van der Waals surface area (Å²) in [5.74, 6) is -0.311. The number of ether oxygens (including phenoxy) is 1. The lowest BCUT2D eigenvalue weighted by Crippen LogP contribution is -2.47. The van der Waals surface area contributed by atoms with Crippen molar-refractivity contribution in [1.82, 2.24) is 10.6 Å². The van der Waals surface area contributed by atoms with Crippen molar-refractivity contribution in [2.24, 2.45) is 11.7 Å². The molecule has 2 aliphatic rings. The predicted molar refractivity (Wildman–Crippen MR) is 70.3 cm³/mol. The SMILES string of the molecule is NC(=O)C1CCCC(NC(=O)CC2COCCN2)C1. The standard InChI is InChI=1S/C13H23N3O3/c14-13(18)9-2-1-3-10(6-9)16-12(17)7-11-8-19-5-4-15-11/h9-11,15H,1-8H2,(H2,14,18)(H,16,17). The number of nitrogens with one attached hydrogen (secondary N) is 2. The lowest BCUT2D eigenvalue weighted by molar-refractivity contribution is -0.126. The first-order chi connectivity index (χ1) is 9.15. The summed E-state index contributed by atoms with van der Waals surface area (Å²) >= 11 is 0. The normalized spacial score (nSPS) is 31.7. The van der Waals surface area contributed by atoms with Gasteiger partial charge in [0.05, 0.1) is 13.2 Å². The molecule has 0 aromatic heterocycles. The van der Waals surface area contributed by atoms with Gasteiger partial charge in [-0.2, -0.15) is 0 Å². The number of nitrogens with two attached hydrogens (primary N) is 1. The van der Waals surface area contributed by atoms with Gasteiger partial charge in [0.2, 0.25) is 11.8 Å². The van der Waals surface area contributed by atoms with E-state index in [4.69, 9.17) is 10.5 Å². The highest BCUT2D eigenvalue weighted by Gasteiger charge is 2.27. The molecular formula is C13H23N3O3. The van der Waals surface area contributed by atoms with Crippen LogP contribution < -0.4 is 16.4 Å². The number of primary amides is 1. The molecule has 0 bridgehead atoms. The second-order valence-electron chi connectivity index (χ2n) is 5.46. The first-order valence-electron chi connectivity index (χ1n) is 7.05. The molecular weight excluding hydrogens is 246 g/mol. The largest absolute Gasteiger partial charge is 0.378 e. The molecule has 3 unspecified atom stereocenters. The smallest absolute Gasteiger partial charge is 0.221 e.